The highest BCUT2D eigenvalue weighted by atomic mass is 79.9. The molecule has 0 aliphatic carbocycles. The highest BCUT2D eigenvalue weighted by Gasteiger charge is 2.12. The molecule has 2 aromatic rings. The first-order valence-corrected chi connectivity index (χ1v) is 6.53. The van der Waals surface area contributed by atoms with Crippen molar-refractivity contribution in [1.82, 2.24) is 4.98 Å². The number of ether oxygens (including phenoxy) is 1. The Bertz CT molecular complexity index is 565. The van der Waals surface area contributed by atoms with Crippen LogP contribution in [-0.4, -0.2) is 17.9 Å². The van der Waals surface area contributed by atoms with Crippen molar-refractivity contribution >= 4 is 33.0 Å². The molecule has 1 heterocycles. The highest BCUT2D eigenvalue weighted by Crippen LogP contribution is 2.35. The van der Waals surface area contributed by atoms with E-state index in [-0.39, 0.29) is 5.78 Å². The van der Waals surface area contributed by atoms with Gasteiger partial charge in [-0.2, -0.15) is 0 Å². The van der Waals surface area contributed by atoms with Crippen molar-refractivity contribution in [2.24, 2.45) is 0 Å². The fourth-order valence-electron chi connectivity index (χ4n) is 1.41. The molecule has 0 unspecified atom stereocenters. The van der Waals surface area contributed by atoms with E-state index in [0.29, 0.717) is 4.88 Å². The van der Waals surface area contributed by atoms with Crippen LogP contribution in [0.25, 0.3) is 10.6 Å². The number of ketones is 1. The van der Waals surface area contributed by atoms with Gasteiger partial charge in [-0.3, -0.25) is 4.79 Å². The van der Waals surface area contributed by atoms with E-state index in [0.717, 1.165) is 20.8 Å². The van der Waals surface area contributed by atoms with Crippen molar-refractivity contribution in [2.45, 2.75) is 6.92 Å². The second kappa shape index (κ2) is 4.98. The highest BCUT2D eigenvalue weighted by molar-refractivity contribution is 9.10. The van der Waals surface area contributed by atoms with Crippen molar-refractivity contribution in [1.29, 1.82) is 0 Å². The summed E-state index contributed by atoms with van der Waals surface area (Å²) >= 11 is 4.78. The lowest BCUT2D eigenvalue weighted by atomic mass is 10.2. The molecule has 0 amide bonds. The number of hydrogen-bond acceptors (Lipinski definition) is 4. The molecule has 3 nitrogen and oxygen atoms in total. The average molecular weight is 312 g/mol. The summed E-state index contributed by atoms with van der Waals surface area (Å²) in [7, 11) is 1.62. The van der Waals surface area contributed by atoms with Gasteiger partial charge in [-0.25, -0.2) is 4.98 Å². The van der Waals surface area contributed by atoms with Crippen molar-refractivity contribution < 1.29 is 9.53 Å². The number of rotatable bonds is 3. The van der Waals surface area contributed by atoms with E-state index in [2.05, 4.69) is 20.9 Å². The number of methoxy groups -OCH3 is 1. The van der Waals surface area contributed by atoms with Crippen LogP contribution in [0, 0.1) is 0 Å². The van der Waals surface area contributed by atoms with Crippen LogP contribution >= 0.6 is 27.3 Å². The molecule has 2 rings (SSSR count). The molecular formula is C12H10BrNO2S. The number of carbonyl (C=O) groups is 1. The van der Waals surface area contributed by atoms with Gasteiger partial charge in [0.2, 0.25) is 0 Å². The monoisotopic (exact) mass is 311 g/mol. The quantitative estimate of drug-likeness (QED) is 0.810. The smallest absolute Gasteiger partial charge is 0.171 e. The maximum absolute atomic E-state index is 11.2. The zero-order chi connectivity index (χ0) is 12.4. The summed E-state index contributed by atoms with van der Waals surface area (Å²) in [5.74, 6) is 0.778. The van der Waals surface area contributed by atoms with Gasteiger partial charge in [-0.15, -0.1) is 11.3 Å². The Morgan fingerprint density at radius 3 is 2.82 bits per heavy atom. The van der Waals surface area contributed by atoms with Gasteiger partial charge in [0.05, 0.1) is 17.6 Å². The second-order valence-electron chi connectivity index (χ2n) is 3.43. The predicted molar refractivity (Wildman–Crippen MR) is 71.8 cm³/mol. The Hall–Kier alpha value is -1.20. The van der Waals surface area contributed by atoms with Crippen LogP contribution in [-0.2, 0) is 0 Å². The summed E-state index contributed by atoms with van der Waals surface area (Å²) in [4.78, 5) is 16.2. The van der Waals surface area contributed by atoms with Gasteiger partial charge in [0, 0.05) is 17.6 Å². The van der Waals surface area contributed by atoms with E-state index in [1.807, 2.05) is 18.2 Å². The summed E-state index contributed by atoms with van der Waals surface area (Å²) in [6, 6.07) is 5.71. The zero-order valence-electron chi connectivity index (χ0n) is 9.36. The fraction of sp³-hybridized carbons (Fsp3) is 0.167. The maximum atomic E-state index is 11.2. The molecule has 0 N–H and O–H groups in total. The first kappa shape index (κ1) is 12.3. The maximum Gasteiger partial charge on any atom is 0.171 e. The molecule has 0 atom stereocenters. The number of carbonyl (C=O) groups excluding carboxylic acids is 1. The molecule has 0 fully saturated rings. The fourth-order valence-corrected chi connectivity index (χ4v) is 2.60. The first-order chi connectivity index (χ1) is 8.11. The Balaban J connectivity index is 2.51. The van der Waals surface area contributed by atoms with Crippen molar-refractivity contribution in [3.63, 3.8) is 0 Å². The molecule has 1 aromatic heterocycles. The minimum absolute atomic E-state index is 0.0303. The largest absolute Gasteiger partial charge is 0.496 e. The Kier molecular flexibility index (Phi) is 3.59. The number of thiazole rings is 1. The minimum Gasteiger partial charge on any atom is -0.496 e. The summed E-state index contributed by atoms with van der Waals surface area (Å²) in [6.45, 7) is 1.54. The van der Waals surface area contributed by atoms with Gasteiger partial charge in [0.1, 0.15) is 10.8 Å². The lowest BCUT2D eigenvalue weighted by Gasteiger charge is -2.05. The molecule has 0 radical (unpaired) electrons. The van der Waals surface area contributed by atoms with Gasteiger partial charge >= 0.3 is 0 Å². The van der Waals surface area contributed by atoms with Crippen LogP contribution in [0.3, 0.4) is 0 Å². The number of Topliss-reactive ketones (excluding diaryl/α,β-unsaturated/α-hetero) is 1. The molecule has 88 valence electrons. The van der Waals surface area contributed by atoms with E-state index in [1.165, 1.54) is 18.3 Å². The van der Waals surface area contributed by atoms with Gasteiger partial charge in [0.25, 0.3) is 0 Å². The second-order valence-corrected chi connectivity index (χ2v) is 5.38. The van der Waals surface area contributed by atoms with E-state index in [9.17, 15) is 4.79 Å². The van der Waals surface area contributed by atoms with Crippen molar-refractivity contribution in [3.05, 3.63) is 33.7 Å². The van der Waals surface area contributed by atoms with Gasteiger partial charge in [-0.05, 0) is 18.2 Å². The Morgan fingerprint density at radius 2 is 2.24 bits per heavy atom. The Morgan fingerprint density at radius 1 is 1.47 bits per heavy atom. The van der Waals surface area contributed by atoms with Crippen molar-refractivity contribution in [2.75, 3.05) is 7.11 Å². The minimum atomic E-state index is 0.0303. The van der Waals surface area contributed by atoms with Gasteiger partial charge in [-0.1, -0.05) is 15.9 Å². The third-order valence-electron chi connectivity index (χ3n) is 2.24. The summed E-state index contributed by atoms with van der Waals surface area (Å²) < 4.78 is 6.24. The lowest BCUT2D eigenvalue weighted by Crippen LogP contribution is -1.87. The molecule has 0 saturated heterocycles. The molecule has 5 heteroatoms. The average Bonchev–Trinajstić information content (AvgIpc) is 2.78. The zero-order valence-corrected chi connectivity index (χ0v) is 11.8. The van der Waals surface area contributed by atoms with E-state index in [4.69, 9.17) is 4.74 Å². The standard InChI is InChI=1S/C12H10BrNO2S/c1-7(15)11-6-14-12(17-11)9-5-8(13)3-4-10(9)16-2/h3-6H,1-2H3. The normalized spacial score (nSPS) is 10.3. The summed E-state index contributed by atoms with van der Waals surface area (Å²) in [5, 5.41) is 0.786. The van der Waals surface area contributed by atoms with Gasteiger partial charge in [0.15, 0.2) is 5.78 Å². The van der Waals surface area contributed by atoms with E-state index in [1.54, 1.807) is 13.3 Å². The molecular weight excluding hydrogens is 302 g/mol. The molecule has 0 aliphatic rings. The van der Waals surface area contributed by atoms with E-state index >= 15 is 0 Å². The van der Waals surface area contributed by atoms with Crippen LogP contribution in [0.5, 0.6) is 5.75 Å². The molecule has 1 aromatic carbocycles. The SMILES string of the molecule is COc1ccc(Br)cc1-c1ncc(C(C)=O)s1. The molecule has 0 bridgehead atoms. The third kappa shape index (κ3) is 2.56. The van der Waals surface area contributed by atoms with Crippen LogP contribution in [0.1, 0.15) is 16.6 Å². The molecule has 17 heavy (non-hydrogen) atoms. The lowest BCUT2D eigenvalue weighted by molar-refractivity contribution is 0.102. The third-order valence-corrected chi connectivity index (χ3v) is 3.87. The number of benzene rings is 1. The predicted octanol–water partition coefficient (Wildman–Crippen LogP) is 3.78. The number of nitrogens with zero attached hydrogens (tertiary/aromatic N) is 1. The first-order valence-electron chi connectivity index (χ1n) is 4.92. The topological polar surface area (TPSA) is 39.2 Å². The number of aromatic nitrogens is 1. The van der Waals surface area contributed by atoms with Crippen molar-refractivity contribution in [3.8, 4) is 16.3 Å². The summed E-state index contributed by atoms with van der Waals surface area (Å²) in [6.07, 6.45) is 1.60. The van der Waals surface area contributed by atoms with Crippen LogP contribution < -0.4 is 4.74 Å². The van der Waals surface area contributed by atoms with Crippen LogP contribution in [0.2, 0.25) is 0 Å². The molecule has 0 saturated carbocycles. The van der Waals surface area contributed by atoms with E-state index < -0.39 is 0 Å². The molecule has 0 spiro atoms. The van der Waals surface area contributed by atoms with Gasteiger partial charge < -0.3 is 4.74 Å². The molecule has 0 aliphatic heterocycles. The Labute approximate surface area is 112 Å². The van der Waals surface area contributed by atoms with Crippen LogP contribution in [0.4, 0.5) is 0 Å². The number of halogens is 1. The van der Waals surface area contributed by atoms with Crippen LogP contribution in [0.15, 0.2) is 28.9 Å². The summed E-state index contributed by atoms with van der Waals surface area (Å²) in [5.41, 5.74) is 0.888. The number of hydrogen-bond donors (Lipinski definition) is 0.